The third-order valence-electron chi connectivity index (χ3n) is 6.41. The van der Waals surface area contributed by atoms with Crippen LogP contribution in [0.4, 0.5) is 33.3 Å². The molecule has 0 radical (unpaired) electrons. The van der Waals surface area contributed by atoms with E-state index < -0.39 is 74.7 Å². The van der Waals surface area contributed by atoms with Gasteiger partial charge < -0.3 is 40.8 Å². The zero-order valence-corrected chi connectivity index (χ0v) is 37.9. The number of hydrogen-bond donors (Lipinski definition) is 4. The van der Waals surface area contributed by atoms with Crippen molar-refractivity contribution in [1.82, 2.24) is 15.0 Å². The van der Waals surface area contributed by atoms with Crippen molar-refractivity contribution in [2.45, 2.75) is 14.7 Å². The van der Waals surface area contributed by atoms with Gasteiger partial charge in [-0.05, 0) is 24.3 Å². The Labute approximate surface area is 389 Å². The number of nitrogens with zero attached hydrogens (tertiary/aromatic N) is 7. The molecule has 0 fully saturated rings. The van der Waals surface area contributed by atoms with E-state index in [1.54, 1.807) is 18.2 Å². The fourth-order valence-electron chi connectivity index (χ4n) is 3.92. The summed E-state index contributed by atoms with van der Waals surface area (Å²) in [5.41, 5.74) is 2.41. The van der Waals surface area contributed by atoms with E-state index >= 15 is 0 Å². The molecule has 1 aromatic heterocycles. The molecule has 0 aliphatic rings. The van der Waals surface area contributed by atoms with E-state index in [0.717, 1.165) is 17.5 Å². The third-order valence-corrected chi connectivity index (χ3v) is 9.92. The van der Waals surface area contributed by atoms with E-state index in [1.807, 2.05) is 0 Å². The van der Waals surface area contributed by atoms with Gasteiger partial charge in [-0.2, -0.15) is 32.1 Å². The van der Waals surface area contributed by atoms with E-state index in [9.17, 15) is 49.1 Å². The molecule has 0 unspecified atom stereocenters. The van der Waals surface area contributed by atoms with Gasteiger partial charge in [0.1, 0.15) is 15.8 Å². The second kappa shape index (κ2) is 24.5. The predicted octanol–water partition coefficient (Wildman–Crippen LogP) is -3.02. The van der Waals surface area contributed by atoms with Gasteiger partial charge in [0.25, 0.3) is 10.1 Å². The Morgan fingerprint density at radius 2 is 1.69 bits per heavy atom. The van der Waals surface area contributed by atoms with Crippen LogP contribution < -0.4 is 75.0 Å². The number of ether oxygens (including phenoxy) is 1. The molecule has 1 heterocycles. The zero-order valence-electron chi connectivity index (χ0n) is 29.7. The molecular weight excluding hydrogens is 927 g/mol. The minimum absolute atomic E-state index is 0. The Morgan fingerprint density at radius 3 is 2.33 bits per heavy atom. The van der Waals surface area contributed by atoms with Crippen LogP contribution in [0.2, 0.25) is 0 Å². The fourth-order valence-corrected chi connectivity index (χ4v) is 6.08. The number of phenolic OH excluding ortho intramolecular Hbond substituents is 1. The van der Waals surface area contributed by atoms with E-state index in [2.05, 4.69) is 62.3 Å². The fraction of sp³-hybridized carbons (Fsp3) is 0.143. The Bertz CT molecular complexity index is 2430. The number of aromatic hydroxyl groups is 1. The maximum Gasteiger partial charge on any atom is 1.00 e. The first kappa shape index (κ1) is 53.3. The number of nitrogens with one attached hydrogen (secondary N) is 2. The van der Waals surface area contributed by atoms with Crippen molar-refractivity contribution in [2.24, 2.45) is 15.3 Å². The van der Waals surface area contributed by atoms with Gasteiger partial charge in [0, 0.05) is 22.4 Å². The van der Waals surface area contributed by atoms with Crippen molar-refractivity contribution in [2.75, 3.05) is 36.1 Å². The standard InChI is InChI=1S/C28H27FN9O13S4.Cu.2Na/c1-2-53(41,42)13-12-49-11-10-30-27-32-26(29)33-28(34-27)31-21-15-19(54(43,44)45)16-22(24(21)39)36-38-25(17-6-4-3-5-7-17)37-35-20-9-8-18(52-51-50-40)14-23(20)55(46,47)48;;;/h2-9,14-16H,1,10-13H2,(H6-,30,31,32,33,34,35,36,37,38,39,40,43,44,45,46,47,48);;;/q-1;3*+1/p-2. The molecule has 22 nitrogen and oxygen atoms in total. The second-order valence-corrected chi connectivity index (χ2v) is 15.8. The molecular formula is C28H25CuFN9Na2O13S4. The molecule has 304 valence electrons. The normalized spacial score (nSPS) is 11.8. The minimum Gasteiger partial charge on any atom is -0.744 e. The van der Waals surface area contributed by atoms with Crippen LogP contribution in [0, 0.1) is 6.08 Å². The molecule has 30 heteroatoms. The first-order valence-corrected chi connectivity index (χ1v) is 20.0. The van der Waals surface area contributed by atoms with Crippen LogP contribution in [0.1, 0.15) is 5.56 Å². The van der Waals surface area contributed by atoms with Gasteiger partial charge >= 0.3 is 82.3 Å². The van der Waals surface area contributed by atoms with E-state index in [1.165, 1.54) is 18.2 Å². The Morgan fingerprint density at radius 1 is 1.00 bits per heavy atom. The summed E-state index contributed by atoms with van der Waals surface area (Å²) in [6.45, 7) is 2.96. The number of aromatic nitrogens is 3. The summed E-state index contributed by atoms with van der Waals surface area (Å²) in [5, 5.41) is 41.8. The van der Waals surface area contributed by atoms with Crippen LogP contribution >= 0.6 is 12.0 Å². The summed E-state index contributed by atoms with van der Waals surface area (Å²) in [4.78, 5) is 9.11. The number of sulfone groups is 1. The molecule has 4 N–H and O–H groups in total. The van der Waals surface area contributed by atoms with Crippen molar-refractivity contribution < 1.29 is 139 Å². The van der Waals surface area contributed by atoms with E-state index in [-0.39, 0.29) is 124 Å². The first-order chi connectivity index (χ1) is 26.0. The van der Waals surface area contributed by atoms with Crippen LogP contribution in [0.25, 0.3) is 5.43 Å². The van der Waals surface area contributed by atoms with Gasteiger partial charge in [0.2, 0.25) is 11.9 Å². The van der Waals surface area contributed by atoms with Crippen molar-refractivity contribution in [1.29, 1.82) is 0 Å². The quantitative estimate of drug-likeness (QED) is 0.00695. The van der Waals surface area contributed by atoms with Crippen LogP contribution in [0.5, 0.6) is 5.75 Å². The largest absolute Gasteiger partial charge is 1.00 e. The van der Waals surface area contributed by atoms with Gasteiger partial charge in [-0.15, -0.1) is 15.9 Å². The summed E-state index contributed by atoms with van der Waals surface area (Å²) in [6.07, 6.45) is -1.33. The molecule has 0 aliphatic carbocycles. The van der Waals surface area contributed by atoms with Crippen molar-refractivity contribution in [3.05, 3.63) is 89.7 Å². The second-order valence-electron chi connectivity index (χ2n) is 10.2. The molecule has 0 spiro atoms. The molecule has 0 amide bonds. The monoisotopic (exact) mass is 951 g/mol. The van der Waals surface area contributed by atoms with Crippen LogP contribution in [-0.2, 0) is 61.3 Å². The number of hydrogen-bond acceptors (Lipinski definition) is 20. The molecule has 0 saturated heterocycles. The maximum atomic E-state index is 14.3. The number of anilines is 3. The topological polar surface area (TPSA) is 331 Å². The zero-order chi connectivity index (χ0) is 40.2. The SMILES string of the molecule is C=CS(=O)(=O)CCOCCNc1nc(F)nc(Nc2cc(S(=O)(=O)[O-])cc(N=N/C(=N\[N-]c3ccc(SOO[O-])cc3S(=O)(=O)O)c3ccccc3)c2O)n1.[Cu+].[Na+].[Na+]. The molecule has 0 aliphatic heterocycles. The van der Waals surface area contributed by atoms with Crippen LogP contribution in [0.15, 0.2) is 103 Å². The Hall–Kier alpha value is -2.71. The predicted molar refractivity (Wildman–Crippen MR) is 187 cm³/mol. The summed E-state index contributed by atoms with van der Waals surface area (Å²) >= 11 is 0.330. The summed E-state index contributed by atoms with van der Waals surface area (Å²) in [5.74, 6) is -2.46. The van der Waals surface area contributed by atoms with Crippen molar-refractivity contribution >= 4 is 76.9 Å². The Kier molecular flexibility index (Phi) is 22.5. The Balaban J connectivity index is 0.00000561. The maximum absolute atomic E-state index is 14.3. The molecule has 0 bridgehead atoms. The average Bonchev–Trinajstić information content (AvgIpc) is 3.13. The van der Waals surface area contributed by atoms with Gasteiger partial charge in [-0.1, -0.05) is 43.0 Å². The molecule has 4 rings (SSSR count). The van der Waals surface area contributed by atoms with Crippen LogP contribution in [-0.4, -0.2) is 85.8 Å². The smallest absolute Gasteiger partial charge is 0.744 e. The number of halogens is 1. The summed E-state index contributed by atoms with van der Waals surface area (Å²) in [7, 11) is -13.6. The molecule has 0 saturated carbocycles. The van der Waals surface area contributed by atoms with Gasteiger partial charge in [-0.25, -0.2) is 16.8 Å². The van der Waals surface area contributed by atoms with Crippen LogP contribution in [0.3, 0.4) is 0 Å². The van der Waals surface area contributed by atoms with Gasteiger partial charge in [-0.3, -0.25) is 9.59 Å². The minimum atomic E-state index is -5.23. The third kappa shape index (κ3) is 16.7. The molecule has 0 atom stereocenters. The number of azo groups is 1. The average molecular weight is 952 g/mol. The van der Waals surface area contributed by atoms with Gasteiger partial charge in [0.15, 0.2) is 21.4 Å². The van der Waals surface area contributed by atoms with Crippen molar-refractivity contribution in [3.63, 3.8) is 0 Å². The molecule has 3 aromatic carbocycles. The van der Waals surface area contributed by atoms with Gasteiger partial charge in [0.05, 0.1) is 46.5 Å². The molecule has 4 aromatic rings. The van der Waals surface area contributed by atoms with Crippen molar-refractivity contribution in [3.8, 4) is 5.75 Å². The van der Waals surface area contributed by atoms with E-state index in [4.69, 9.17) is 4.74 Å². The first-order valence-electron chi connectivity index (χ1n) is 14.7. The number of phenols is 1. The van der Waals surface area contributed by atoms with E-state index in [0.29, 0.717) is 24.2 Å². The number of amidine groups is 1. The number of rotatable bonds is 19. The number of benzene rings is 3. The summed E-state index contributed by atoms with van der Waals surface area (Å²) < 4.78 is 117. The summed E-state index contributed by atoms with van der Waals surface area (Å²) in [6, 6.07) is 12.3. The molecule has 58 heavy (non-hydrogen) atoms.